The Hall–Kier alpha value is -2.17. The first-order valence-electron chi connectivity index (χ1n) is 6.97. The average molecular weight is 288 g/mol. The van der Waals surface area contributed by atoms with Gasteiger partial charge < -0.3 is 4.74 Å². The Labute approximate surface area is 124 Å². The van der Waals surface area contributed by atoms with Gasteiger partial charge in [0.2, 0.25) is 0 Å². The molecule has 0 aromatic heterocycles. The van der Waals surface area contributed by atoms with Crippen LogP contribution >= 0.6 is 0 Å². The Morgan fingerprint density at radius 2 is 2.05 bits per heavy atom. The van der Waals surface area contributed by atoms with E-state index >= 15 is 0 Å². The lowest BCUT2D eigenvalue weighted by atomic mass is 10.0. The van der Waals surface area contributed by atoms with E-state index in [0.29, 0.717) is 11.4 Å². The molecule has 1 heterocycles. The minimum absolute atomic E-state index is 0.0106. The molecule has 1 atom stereocenters. The Bertz CT molecular complexity index is 620. The normalized spacial score (nSPS) is 18.2. The van der Waals surface area contributed by atoms with Gasteiger partial charge in [-0.25, -0.2) is 4.79 Å². The first kappa shape index (κ1) is 15.2. The summed E-state index contributed by atoms with van der Waals surface area (Å²) < 4.78 is 4.72. The number of benzene rings is 1. The van der Waals surface area contributed by atoms with E-state index in [1.165, 1.54) is 7.11 Å². The van der Waals surface area contributed by atoms with Crippen LogP contribution in [0.25, 0.3) is 0 Å². The van der Waals surface area contributed by atoms with Crippen molar-refractivity contribution in [3.05, 3.63) is 34.9 Å². The van der Waals surface area contributed by atoms with Crippen molar-refractivity contribution in [2.45, 2.75) is 39.8 Å². The fourth-order valence-electron chi connectivity index (χ4n) is 2.46. The molecule has 1 unspecified atom stereocenters. The summed E-state index contributed by atoms with van der Waals surface area (Å²) in [7, 11) is 1.35. The van der Waals surface area contributed by atoms with E-state index in [1.54, 1.807) is 24.0 Å². The summed E-state index contributed by atoms with van der Waals surface area (Å²) in [5.74, 6) is 0.316. The van der Waals surface area contributed by atoms with Crippen molar-refractivity contribution in [1.29, 1.82) is 0 Å². The van der Waals surface area contributed by atoms with Crippen molar-refractivity contribution in [3.63, 3.8) is 0 Å². The smallest absolute Gasteiger partial charge is 0.337 e. The van der Waals surface area contributed by atoms with Crippen LogP contribution in [0.4, 0.5) is 0 Å². The molecule has 5 heteroatoms. The maximum absolute atomic E-state index is 12.2. The summed E-state index contributed by atoms with van der Waals surface area (Å²) in [6.07, 6.45) is 0. The van der Waals surface area contributed by atoms with Crippen molar-refractivity contribution >= 4 is 17.7 Å². The third-order valence-corrected chi connectivity index (χ3v) is 3.54. The fraction of sp³-hybridized carbons (Fsp3) is 0.438. The highest BCUT2D eigenvalue weighted by Crippen LogP contribution is 2.22. The fourth-order valence-corrected chi connectivity index (χ4v) is 2.46. The Kier molecular flexibility index (Phi) is 4.11. The van der Waals surface area contributed by atoms with Crippen LogP contribution in [0, 0.1) is 6.92 Å². The highest BCUT2D eigenvalue weighted by molar-refractivity contribution is 6.14. The van der Waals surface area contributed by atoms with Gasteiger partial charge in [-0.15, -0.1) is 0 Å². The van der Waals surface area contributed by atoms with Gasteiger partial charge in [0.25, 0.3) is 5.91 Å². The van der Waals surface area contributed by atoms with Crippen LogP contribution in [0.3, 0.4) is 0 Å². The van der Waals surface area contributed by atoms with Crippen LogP contribution in [0.5, 0.6) is 0 Å². The molecule has 1 aromatic carbocycles. The number of aliphatic imine (C=N–C) groups is 1. The van der Waals surface area contributed by atoms with E-state index in [2.05, 4.69) is 4.99 Å². The molecule has 0 bridgehead atoms. The van der Waals surface area contributed by atoms with Crippen LogP contribution < -0.4 is 0 Å². The molecule has 0 fully saturated rings. The van der Waals surface area contributed by atoms with Gasteiger partial charge in [-0.2, -0.15) is 0 Å². The number of amidine groups is 1. The number of nitrogens with zero attached hydrogens (tertiary/aromatic N) is 2. The number of carbonyl (C=O) groups is 2. The molecule has 0 saturated heterocycles. The van der Waals surface area contributed by atoms with E-state index in [4.69, 9.17) is 4.74 Å². The van der Waals surface area contributed by atoms with Crippen LogP contribution in [0.1, 0.15) is 42.3 Å². The zero-order valence-corrected chi connectivity index (χ0v) is 13.0. The van der Waals surface area contributed by atoms with Gasteiger partial charge in [0.15, 0.2) is 0 Å². The molecule has 1 aliphatic rings. The molecule has 0 radical (unpaired) electrons. The standard InChI is InChI=1S/C16H20N2O3/c1-9(2)18-14(17-11(4)15(18)19)13-7-6-12(8-10(13)3)16(20)21-5/h6-9,11H,1-5H3. The number of carbonyl (C=O) groups excluding carboxylic acids is 2. The predicted molar refractivity (Wildman–Crippen MR) is 80.5 cm³/mol. The van der Waals surface area contributed by atoms with E-state index in [0.717, 1.165) is 11.1 Å². The van der Waals surface area contributed by atoms with Crippen molar-refractivity contribution in [3.8, 4) is 0 Å². The number of hydrogen-bond donors (Lipinski definition) is 0. The van der Waals surface area contributed by atoms with Crippen LogP contribution in [0.2, 0.25) is 0 Å². The van der Waals surface area contributed by atoms with Gasteiger partial charge in [0, 0.05) is 11.6 Å². The average Bonchev–Trinajstić information content (AvgIpc) is 2.73. The Morgan fingerprint density at radius 3 is 2.57 bits per heavy atom. The molecule has 1 amide bonds. The minimum atomic E-state index is -0.372. The monoisotopic (exact) mass is 288 g/mol. The van der Waals surface area contributed by atoms with E-state index < -0.39 is 0 Å². The number of esters is 1. The second-order valence-electron chi connectivity index (χ2n) is 5.45. The number of rotatable bonds is 3. The van der Waals surface area contributed by atoms with E-state index in [-0.39, 0.29) is 24.0 Å². The van der Waals surface area contributed by atoms with Crippen molar-refractivity contribution in [2.75, 3.05) is 7.11 Å². The highest BCUT2D eigenvalue weighted by Gasteiger charge is 2.34. The molecule has 0 saturated carbocycles. The SMILES string of the molecule is COC(=O)c1ccc(C2=NC(C)C(=O)N2C(C)C)c(C)c1. The molecule has 0 N–H and O–H groups in total. The molecule has 1 aliphatic heterocycles. The number of amides is 1. The van der Waals surface area contributed by atoms with Gasteiger partial charge in [0.05, 0.1) is 12.7 Å². The number of methoxy groups -OCH3 is 1. The third kappa shape index (κ3) is 2.68. The lowest BCUT2D eigenvalue weighted by Crippen LogP contribution is -2.40. The zero-order chi connectivity index (χ0) is 15.7. The van der Waals surface area contributed by atoms with Crippen LogP contribution in [-0.4, -0.2) is 41.8 Å². The lowest BCUT2D eigenvalue weighted by molar-refractivity contribution is -0.128. The largest absolute Gasteiger partial charge is 0.465 e. The molecule has 5 nitrogen and oxygen atoms in total. The van der Waals surface area contributed by atoms with Gasteiger partial charge in [-0.3, -0.25) is 14.7 Å². The van der Waals surface area contributed by atoms with Crippen LogP contribution in [0.15, 0.2) is 23.2 Å². The second-order valence-corrected chi connectivity index (χ2v) is 5.45. The number of hydrogen-bond acceptors (Lipinski definition) is 4. The summed E-state index contributed by atoms with van der Waals surface area (Å²) >= 11 is 0. The number of ether oxygens (including phenoxy) is 1. The molecule has 0 spiro atoms. The second kappa shape index (κ2) is 5.68. The first-order valence-corrected chi connectivity index (χ1v) is 6.97. The number of aryl methyl sites for hydroxylation is 1. The summed E-state index contributed by atoms with van der Waals surface area (Å²) in [5.41, 5.74) is 2.26. The highest BCUT2D eigenvalue weighted by atomic mass is 16.5. The van der Waals surface area contributed by atoms with Crippen LogP contribution in [-0.2, 0) is 9.53 Å². The van der Waals surface area contributed by atoms with Crippen molar-refractivity contribution in [2.24, 2.45) is 4.99 Å². The summed E-state index contributed by atoms with van der Waals surface area (Å²) in [6.45, 7) is 7.62. The molecular formula is C16H20N2O3. The van der Waals surface area contributed by atoms with E-state index in [1.807, 2.05) is 26.8 Å². The summed E-state index contributed by atoms with van der Waals surface area (Å²) in [5, 5.41) is 0. The molecule has 0 aliphatic carbocycles. The molecule has 1 aromatic rings. The van der Waals surface area contributed by atoms with Gasteiger partial charge >= 0.3 is 5.97 Å². The van der Waals surface area contributed by atoms with Gasteiger partial charge in [0.1, 0.15) is 11.9 Å². The Morgan fingerprint density at radius 1 is 1.38 bits per heavy atom. The first-order chi connectivity index (χ1) is 9.86. The quantitative estimate of drug-likeness (QED) is 0.801. The zero-order valence-electron chi connectivity index (χ0n) is 13.0. The molecular weight excluding hydrogens is 268 g/mol. The summed E-state index contributed by atoms with van der Waals surface area (Å²) in [6, 6.07) is 4.96. The lowest BCUT2D eigenvalue weighted by Gasteiger charge is -2.24. The van der Waals surface area contributed by atoms with Gasteiger partial charge in [-0.05, 0) is 45.4 Å². The maximum Gasteiger partial charge on any atom is 0.337 e. The Balaban J connectivity index is 2.44. The van der Waals surface area contributed by atoms with Crippen molar-refractivity contribution in [1.82, 2.24) is 4.90 Å². The molecule has 21 heavy (non-hydrogen) atoms. The molecule has 2 rings (SSSR count). The minimum Gasteiger partial charge on any atom is -0.465 e. The van der Waals surface area contributed by atoms with E-state index in [9.17, 15) is 9.59 Å². The summed E-state index contributed by atoms with van der Waals surface area (Å²) in [4.78, 5) is 29.9. The topological polar surface area (TPSA) is 59.0 Å². The van der Waals surface area contributed by atoms with Crippen molar-refractivity contribution < 1.29 is 14.3 Å². The predicted octanol–water partition coefficient (Wildman–Crippen LogP) is 2.17. The third-order valence-electron chi connectivity index (χ3n) is 3.54. The maximum atomic E-state index is 12.2. The van der Waals surface area contributed by atoms with Gasteiger partial charge in [-0.1, -0.05) is 6.07 Å². The molecule has 112 valence electrons.